The molecular weight excluding hydrogens is 168 g/mol. The largest absolute Gasteiger partial charge is 0.393 e. The normalized spacial score (nSPS) is 17.8. The van der Waals surface area contributed by atoms with Gasteiger partial charge in [0.1, 0.15) is 5.60 Å². The van der Waals surface area contributed by atoms with Crippen LogP contribution in [0, 0.1) is 0 Å². The highest BCUT2D eigenvalue weighted by atomic mass is 16.3. The van der Waals surface area contributed by atoms with Gasteiger partial charge in [0.05, 0.1) is 13.2 Å². The third kappa shape index (κ3) is 6.51. The molecule has 0 fully saturated rings. The minimum Gasteiger partial charge on any atom is -0.393 e. The van der Waals surface area contributed by atoms with Crippen molar-refractivity contribution < 1.29 is 15.3 Å². The van der Waals surface area contributed by atoms with Crippen molar-refractivity contribution in [3.05, 3.63) is 23.8 Å². The third-order valence-corrected chi connectivity index (χ3v) is 1.68. The fraction of sp³-hybridized carbons (Fsp3) is 0.600. The van der Waals surface area contributed by atoms with Crippen molar-refractivity contribution in [1.29, 1.82) is 0 Å². The second-order valence-corrected chi connectivity index (χ2v) is 3.35. The van der Waals surface area contributed by atoms with Crippen molar-refractivity contribution in [3.8, 4) is 0 Å². The first-order valence-electron chi connectivity index (χ1n) is 4.29. The summed E-state index contributed by atoms with van der Waals surface area (Å²) in [6.45, 7) is 3.19. The molecule has 76 valence electrons. The van der Waals surface area contributed by atoms with Crippen LogP contribution in [0.4, 0.5) is 0 Å². The lowest BCUT2D eigenvalue weighted by Crippen LogP contribution is -2.25. The first-order chi connectivity index (χ1) is 6.02. The van der Waals surface area contributed by atoms with Gasteiger partial charge in [0, 0.05) is 0 Å². The molecule has 0 aliphatic heterocycles. The van der Waals surface area contributed by atoms with E-state index >= 15 is 0 Å². The van der Waals surface area contributed by atoms with Gasteiger partial charge in [0.2, 0.25) is 0 Å². The van der Waals surface area contributed by atoms with E-state index < -0.39 is 5.60 Å². The van der Waals surface area contributed by atoms with Crippen molar-refractivity contribution in [3.63, 3.8) is 0 Å². The van der Waals surface area contributed by atoms with E-state index in [1.807, 2.05) is 6.92 Å². The molecule has 0 heterocycles. The Labute approximate surface area is 79.0 Å². The summed E-state index contributed by atoms with van der Waals surface area (Å²) in [6.07, 6.45) is 5.72. The zero-order valence-electron chi connectivity index (χ0n) is 8.20. The average Bonchev–Trinajstić information content (AvgIpc) is 2.05. The van der Waals surface area contributed by atoms with Crippen LogP contribution in [0.5, 0.6) is 0 Å². The molecule has 3 nitrogen and oxygen atoms in total. The minimum absolute atomic E-state index is 0.0378. The van der Waals surface area contributed by atoms with Crippen LogP contribution < -0.4 is 0 Å². The second kappa shape index (κ2) is 5.91. The highest BCUT2D eigenvalue weighted by Gasteiger charge is 2.12. The summed E-state index contributed by atoms with van der Waals surface area (Å²) in [5, 5.41) is 26.6. The van der Waals surface area contributed by atoms with Crippen molar-refractivity contribution in [1.82, 2.24) is 0 Å². The highest BCUT2D eigenvalue weighted by Crippen LogP contribution is 2.07. The molecule has 0 radical (unpaired) electrons. The predicted molar refractivity (Wildman–Crippen MR) is 52.3 cm³/mol. The van der Waals surface area contributed by atoms with E-state index in [-0.39, 0.29) is 13.2 Å². The quantitative estimate of drug-likeness (QED) is 0.551. The van der Waals surface area contributed by atoms with Crippen LogP contribution in [0.3, 0.4) is 0 Å². The fourth-order valence-electron chi connectivity index (χ4n) is 0.791. The van der Waals surface area contributed by atoms with Crippen molar-refractivity contribution in [2.75, 3.05) is 13.2 Å². The summed E-state index contributed by atoms with van der Waals surface area (Å²) in [5.74, 6) is 0. The van der Waals surface area contributed by atoms with Gasteiger partial charge in [0.15, 0.2) is 0 Å². The Kier molecular flexibility index (Phi) is 5.62. The number of aliphatic hydroxyl groups excluding tert-OH is 2. The Morgan fingerprint density at radius 3 is 2.46 bits per heavy atom. The molecule has 0 aliphatic carbocycles. The molecule has 3 N–H and O–H groups in total. The maximum absolute atomic E-state index is 9.36. The number of hydrogen-bond donors (Lipinski definition) is 3. The van der Waals surface area contributed by atoms with Crippen molar-refractivity contribution in [2.45, 2.75) is 25.9 Å². The van der Waals surface area contributed by atoms with Crippen LogP contribution in [0.15, 0.2) is 23.8 Å². The van der Waals surface area contributed by atoms with Crippen LogP contribution in [0.25, 0.3) is 0 Å². The van der Waals surface area contributed by atoms with Crippen LogP contribution >= 0.6 is 0 Å². The molecule has 0 aromatic carbocycles. The standard InChI is InChI=1S/C10H18O3/c1-9(5-7-11)4-3-6-10(2,13)8-12/h3,5-6,11-13H,4,7-8H2,1-2H3. The Bertz CT molecular complexity index is 192. The van der Waals surface area contributed by atoms with Gasteiger partial charge >= 0.3 is 0 Å². The molecule has 0 spiro atoms. The maximum Gasteiger partial charge on any atom is 0.103 e. The molecule has 1 atom stereocenters. The topological polar surface area (TPSA) is 60.7 Å². The number of rotatable bonds is 5. The maximum atomic E-state index is 9.36. The molecule has 1 unspecified atom stereocenters. The Balaban J connectivity index is 3.94. The van der Waals surface area contributed by atoms with Gasteiger partial charge in [-0.3, -0.25) is 0 Å². The van der Waals surface area contributed by atoms with E-state index in [0.717, 1.165) is 5.57 Å². The predicted octanol–water partition coefficient (Wildman–Crippen LogP) is 0.615. The zero-order valence-corrected chi connectivity index (χ0v) is 8.20. The molecule has 0 aromatic heterocycles. The fourth-order valence-corrected chi connectivity index (χ4v) is 0.791. The van der Waals surface area contributed by atoms with Gasteiger partial charge in [-0.05, 0) is 20.3 Å². The summed E-state index contributed by atoms with van der Waals surface area (Å²) in [6, 6.07) is 0. The molecule has 13 heavy (non-hydrogen) atoms. The van der Waals surface area contributed by atoms with E-state index in [2.05, 4.69) is 0 Å². The monoisotopic (exact) mass is 186 g/mol. The van der Waals surface area contributed by atoms with E-state index in [4.69, 9.17) is 10.2 Å². The number of hydrogen-bond acceptors (Lipinski definition) is 3. The molecule has 0 saturated carbocycles. The summed E-state index contributed by atoms with van der Waals surface area (Å²) < 4.78 is 0. The van der Waals surface area contributed by atoms with E-state index in [0.29, 0.717) is 6.42 Å². The first-order valence-corrected chi connectivity index (χ1v) is 4.29. The van der Waals surface area contributed by atoms with Gasteiger partial charge in [-0.15, -0.1) is 0 Å². The summed E-state index contributed by atoms with van der Waals surface area (Å²) >= 11 is 0. The molecule has 0 aromatic rings. The van der Waals surface area contributed by atoms with E-state index in [9.17, 15) is 5.11 Å². The zero-order chi connectivity index (χ0) is 10.3. The molecule has 0 bridgehead atoms. The van der Waals surface area contributed by atoms with E-state index in [1.54, 1.807) is 18.2 Å². The van der Waals surface area contributed by atoms with Gasteiger partial charge in [-0.1, -0.05) is 23.8 Å². The molecule has 3 heteroatoms. The van der Waals surface area contributed by atoms with E-state index in [1.165, 1.54) is 6.92 Å². The van der Waals surface area contributed by atoms with Crippen molar-refractivity contribution in [2.24, 2.45) is 0 Å². The summed E-state index contributed by atoms with van der Waals surface area (Å²) in [7, 11) is 0. The lowest BCUT2D eigenvalue weighted by Gasteiger charge is -2.14. The lowest BCUT2D eigenvalue weighted by atomic mass is 10.1. The van der Waals surface area contributed by atoms with Crippen LogP contribution in [-0.4, -0.2) is 34.1 Å². The average molecular weight is 186 g/mol. The summed E-state index contributed by atoms with van der Waals surface area (Å²) in [5.41, 5.74) is -0.105. The van der Waals surface area contributed by atoms with Gasteiger partial charge < -0.3 is 15.3 Å². The first kappa shape index (κ1) is 12.4. The Morgan fingerprint density at radius 1 is 1.38 bits per heavy atom. The minimum atomic E-state index is -1.14. The Morgan fingerprint density at radius 2 is 2.00 bits per heavy atom. The van der Waals surface area contributed by atoms with Gasteiger partial charge in [0.25, 0.3) is 0 Å². The van der Waals surface area contributed by atoms with Crippen molar-refractivity contribution >= 4 is 0 Å². The number of allylic oxidation sites excluding steroid dienone is 2. The van der Waals surface area contributed by atoms with Gasteiger partial charge in [-0.25, -0.2) is 0 Å². The Hall–Kier alpha value is -0.640. The molecule has 0 amide bonds. The molecule has 0 saturated heterocycles. The smallest absolute Gasteiger partial charge is 0.103 e. The second-order valence-electron chi connectivity index (χ2n) is 3.35. The lowest BCUT2D eigenvalue weighted by molar-refractivity contribution is 0.0433. The molecule has 0 rings (SSSR count). The third-order valence-electron chi connectivity index (χ3n) is 1.68. The molecule has 0 aliphatic rings. The SMILES string of the molecule is CC(=CCO)CC=CC(C)(O)CO. The van der Waals surface area contributed by atoms with Crippen LogP contribution in [-0.2, 0) is 0 Å². The van der Waals surface area contributed by atoms with Gasteiger partial charge in [-0.2, -0.15) is 0 Å². The van der Waals surface area contributed by atoms with Crippen LogP contribution in [0.1, 0.15) is 20.3 Å². The summed E-state index contributed by atoms with van der Waals surface area (Å²) in [4.78, 5) is 0. The highest BCUT2D eigenvalue weighted by molar-refractivity contribution is 5.07. The van der Waals surface area contributed by atoms with Crippen LogP contribution in [0.2, 0.25) is 0 Å². The number of aliphatic hydroxyl groups is 3. The molecular formula is C10H18O3.